The third-order valence-corrected chi connectivity index (χ3v) is 5.13. The summed E-state index contributed by atoms with van der Waals surface area (Å²) in [7, 11) is 2.17. The van der Waals surface area contributed by atoms with Gasteiger partial charge in [0.25, 0.3) is 0 Å². The molecular weight excluding hydrogens is 320 g/mol. The van der Waals surface area contributed by atoms with Crippen LogP contribution in [-0.2, 0) is 19.5 Å². The molecule has 2 aromatic heterocycles. The smallest absolute Gasteiger partial charge is 0.226 e. The molecule has 2 aliphatic rings. The second-order valence-corrected chi connectivity index (χ2v) is 7.18. The van der Waals surface area contributed by atoms with E-state index in [0.29, 0.717) is 18.0 Å². The van der Waals surface area contributed by atoms with E-state index in [0.717, 1.165) is 44.2 Å². The van der Waals surface area contributed by atoms with Crippen molar-refractivity contribution in [3.63, 3.8) is 0 Å². The standard InChI is InChI=1S/C16H26N8O/c1-3-16-17-14(19-25-16)10-23-8-4-5-13(9-23)22(2)11-15-18-20-21-24(15)12-6-7-12/h12-13H,3-11H2,1-2H3. The van der Waals surface area contributed by atoms with Crippen LogP contribution in [0.4, 0.5) is 0 Å². The SMILES string of the molecule is CCc1nc(CN2CCCC(N(C)Cc3nnnn3C3CC3)C2)no1. The molecule has 1 unspecified atom stereocenters. The quantitative estimate of drug-likeness (QED) is 0.735. The van der Waals surface area contributed by atoms with E-state index in [1.165, 1.54) is 25.7 Å². The van der Waals surface area contributed by atoms with Gasteiger partial charge in [-0.15, -0.1) is 5.10 Å². The summed E-state index contributed by atoms with van der Waals surface area (Å²) in [5.41, 5.74) is 0. The van der Waals surface area contributed by atoms with E-state index >= 15 is 0 Å². The molecule has 1 atom stereocenters. The normalized spacial score (nSPS) is 22.0. The number of piperidine rings is 1. The van der Waals surface area contributed by atoms with Crippen LogP contribution in [0.15, 0.2) is 4.52 Å². The highest BCUT2D eigenvalue weighted by molar-refractivity contribution is 4.92. The number of hydrogen-bond donors (Lipinski definition) is 0. The summed E-state index contributed by atoms with van der Waals surface area (Å²) in [5.74, 6) is 2.48. The Morgan fingerprint density at radius 2 is 2.16 bits per heavy atom. The van der Waals surface area contributed by atoms with Crippen molar-refractivity contribution in [2.45, 2.75) is 64.2 Å². The van der Waals surface area contributed by atoms with Gasteiger partial charge in [-0.2, -0.15) is 4.98 Å². The zero-order valence-electron chi connectivity index (χ0n) is 15.0. The lowest BCUT2D eigenvalue weighted by atomic mass is 10.0. The van der Waals surface area contributed by atoms with Crippen LogP contribution in [0.2, 0.25) is 0 Å². The average Bonchev–Trinajstić information content (AvgIpc) is 3.19. The van der Waals surface area contributed by atoms with Crippen LogP contribution in [0.3, 0.4) is 0 Å². The molecule has 9 nitrogen and oxygen atoms in total. The lowest BCUT2D eigenvalue weighted by Gasteiger charge is -2.36. The molecule has 0 N–H and O–H groups in total. The summed E-state index contributed by atoms with van der Waals surface area (Å²) >= 11 is 0. The van der Waals surface area contributed by atoms with Gasteiger partial charge in [-0.3, -0.25) is 9.80 Å². The molecule has 1 saturated heterocycles. The van der Waals surface area contributed by atoms with Crippen molar-refractivity contribution in [1.82, 2.24) is 40.1 Å². The monoisotopic (exact) mass is 346 g/mol. The van der Waals surface area contributed by atoms with Crippen molar-refractivity contribution < 1.29 is 4.52 Å². The third kappa shape index (κ3) is 3.87. The van der Waals surface area contributed by atoms with Crippen molar-refractivity contribution in [2.24, 2.45) is 0 Å². The minimum absolute atomic E-state index is 0.496. The Balaban J connectivity index is 1.34. The number of likely N-dealkylation sites (N-methyl/N-ethyl adjacent to an activating group) is 1. The maximum Gasteiger partial charge on any atom is 0.226 e. The molecule has 2 aromatic rings. The maximum atomic E-state index is 5.22. The summed E-state index contributed by atoms with van der Waals surface area (Å²) < 4.78 is 7.22. The van der Waals surface area contributed by atoms with Crippen molar-refractivity contribution in [3.8, 4) is 0 Å². The second kappa shape index (κ2) is 7.17. The third-order valence-electron chi connectivity index (χ3n) is 5.13. The Morgan fingerprint density at radius 3 is 2.92 bits per heavy atom. The fraction of sp³-hybridized carbons (Fsp3) is 0.812. The van der Waals surface area contributed by atoms with Crippen molar-refractivity contribution in [1.29, 1.82) is 0 Å². The number of tetrazole rings is 1. The number of nitrogens with zero attached hydrogens (tertiary/aromatic N) is 8. The fourth-order valence-corrected chi connectivity index (χ4v) is 3.50. The Bertz CT molecular complexity index is 694. The molecule has 1 saturated carbocycles. The number of likely N-dealkylation sites (tertiary alicyclic amines) is 1. The van der Waals surface area contributed by atoms with E-state index < -0.39 is 0 Å². The molecule has 9 heteroatoms. The van der Waals surface area contributed by atoms with E-state index in [2.05, 4.69) is 42.5 Å². The number of rotatable bonds is 7. The minimum atomic E-state index is 0.496. The Hall–Kier alpha value is -1.87. The molecule has 136 valence electrons. The number of aromatic nitrogens is 6. The average molecular weight is 346 g/mol. The molecule has 0 bridgehead atoms. The first-order chi connectivity index (χ1) is 12.2. The van der Waals surface area contributed by atoms with Gasteiger partial charge in [0.2, 0.25) is 5.89 Å². The summed E-state index contributed by atoms with van der Waals surface area (Å²) in [6, 6.07) is 1.02. The van der Waals surface area contributed by atoms with Crippen LogP contribution in [0.25, 0.3) is 0 Å². The van der Waals surface area contributed by atoms with Crippen LogP contribution >= 0.6 is 0 Å². The van der Waals surface area contributed by atoms with E-state index in [1.54, 1.807) is 0 Å². The highest BCUT2D eigenvalue weighted by Gasteiger charge is 2.30. The summed E-state index contributed by atoms with van der Waals surface area (Å²) in [6.45, 7) is 5.67. The van der Waals surface area contributed by atoms with E-state index in [1.807, 2.05) is 11.6 Å². The summed E-state index contributed by atoms with van der Waals surface area (Å²) in [6.07, 6.45) is 5.56. The van der Waals surface area contributed by atoms with Crippen LogP contribution in [-0.4, -0.2) is 66.3 Å². The van der Waals surface area contributed by atoms with Gasteiger partial charge in [0, 0.05) is 19.0 Å². The van der Waals surface area contributed by atoms with Crippen molar-refractivity contribution >= 4 is 0 Å². The Labute approximate surface area is 147 Å². The molecule has 2 fully saturated rings. The molecule has 0 radical (unpaired) electrons. The van der Waals surface area contributed by atoms with Gasteiger partial charge in [0.15, 0.2) is 11.6 Å². The predicted octanol–water partition coefficient (Wildman–Crippen LogP) is 1.05. The number of hydrogen-bond acceptors (Lipinski definition) is 8. The molecule has 1 aliphatic carbocycles. The molecular formula is C16H26N8O. The van der Waals surface area contributed by atoms with Crippen molar-refractivity contribution in [2.75, 3.05) is 20.1 Å². The Morgan fingerprint density at radius 1 is 1.28 bits per heavy atom. The van der Waals surface area contributed by atoms with Crippen LogP contribution in [0, 0.1) is 0 Å². The lowest BCUT2D eigenvalue weighted by molar-refractivity contribution is 0.102. The first-order valence-corrected chi connectivity index (χ1v) is 9.23. The van der Waals surface area contributed by atoms with Crippen LogP contribution in [0.1, 0.15) is 56.2 Å². The lowest BCUT2D eigenvalue weighted by Crippen LogP contribution is -2.46. The van der Waals surface area contributed by atoms with Crippen LogP contribution in [0.5, 0.6) is 0 Å². The van der Waals surface area contributed by atoms with Gasteiger partial charge >= 0.3 is 0 Å². The van der Waals surface area contributed by atoms with E-state index in [9.17, 15) is 0 Å². The Kier molecular flexibility index (Phi) is 4.76. The van der Waals surface area contributed by atoms with Crippen LogP contribution < -0.4 is 0 Å². The topological polar surface area (TPSA) is 89.0 Å². The first kappa shape index (κ1) is 16.6. The van der Waals surface area contributed by atoms with Gasteiger partial charge in [-0.25, -0.2) is 4.68 Å². The van der Waals surface area contributed by atoms with Gasteiger partial charge in [-0.05, 0) is 49.7 Å². The molecule has 0 aromatic carbocycles. The van der Waals surface area contributed by atoms with E-state index in [-0.39, 0.29) is 0 Å². The molecule has 0 spiro atoms. The molecule has 4 rings (SSSR count). The number of aryl methyl sites for hydroxylation is 1. The summed E-state index contributed by atoms with van der Waals surface area (Å²) in [5, 5.41) is 16.3. The highest BCUT2D eigenvalue weighted by Crippen LogP contribution is 2.34. The van der Waals surface area contributed by atoms with Gasteiger partial charge in [-0.1, -0.05) is 12.1 Å². The van der Waals surface area contributed by atoms with Gasteiger partial charge in [0.1, 0.15) is 0 Å². The maximum absolute atomic E-state index is 5.22. The zero-order chi connectivity index (χ0) is 17.2. The molecule has 3 heterocycles. The minimum Gasteiger partial charge on any atom is -0.339 e. The highest BCUT2D eigenvalue weighted by atomic mass is 16.5. The molecule has 1 aliphatic heterocycles. The molecule has 0 amide bonds. The zero-order valence-corrected chi connectivity index (χ0v) is 15.0. The second-order valence-electron chi connectivity index (χ2n) is 7.18. The summed E-state index contributed by atoms with van der Waals surface area (Å²) in [4.78, 5) is 9.22. The largest absolute Gasteiger partial charge is 0.339 e. The van der Waals surface area contributed by atoms with Gasteiger partial charge in [0.05, 0.1) is 19.1 Å². The molecule has 25 heavy (non-hydrogen) atoms. The van der Waals surface area contributed by atoms with E-state index in [4.69, 9.17) is 4.52 Å². The van der Waals surface area contributed by atoms with Crippen molar-refractivity contribution in [3.05, 3.63) is 17.5 Å². The first-order valence-electron chi connectivity index (χ1n) is 9.23. The van der Waals surface area contributed by atoms with Gasteiger partial charge < -0.3 is 4.52 Å². The predicted molar refractivity (Wildman–Crippen MR) is 89.5 cm³/mol. The fourth-order valence-electron chi connectivity index (χ4n) is 3.50.